The Kier molecular flexibility index (Phi) is 3.83. The number of hydrogen-bond donors (Lipinski definition) is 0. The first-order chi connectivity index (χ1) is 10.8. The van der Waals surface area contributed by atoms with Crippen LogP contribution in [0.2, 0.25) is 0 Å². The van der Waals surface area contributed by atoms with E-state index in [1.165, 1.54) is 44.4 Å². The van der Waals surface area contributed by atoms with Gasteiger partial charge in [-0.15, -0.1) is 0 Å². The van der Waals surface area contributed by atoms with Gasteiger partial charge in [0.2, 0.25) is 0 Å². The van der Waals surface area contributed by atoms with E-state index in [-0.39, 0.29) is 0 Å². The summed E-state index contributed by atoms with van der Waals surface area (Å²) in [5, 5.41) is 1.24. The molecule has 1 unspecified atom stereocenters. The lowest BCUT2D eigenvalue weighted by atomic mass is 9.82. The molecule has 1 aliphatic rings. The summed E-state index contributed by atoms with van der Waals surface area (Å²) >= 11 is 0. The van der Waals surface area contributed by atoms with Crippen molar-refractivity contribution in [3.05, 3.63) is 63.0 Å². The smallest absolute Gasteiger partial charge is 0.137 e. The Morgan fingerprint density at radius 3 is 2.35 bits per heavy atom. The van der Waals surface area contributed by atoms with E-state index >= 15 is 0 Å². The van der Waals surface area contributed by atoms with Gasteiger partial charge in [-0.2, -0.15) is 0 Å². The van der Waals surface area contributed by atoms with E-state index in [2.05, 4.69) is 72.8 Å². The van der Waals surface area contributed by atoms with Crippen molar-refractivity contribution in [1.82, 2.24) is 0 Å². The van der Waals surface area contributed by atoms with Crippen LogP contribution in [0.5, 0.6) is 0 Å². The second-order valence-corrected chi connectivity index (χ2v) is 7.03. The number of benzene rings is 1. The fourth-order valence-corrected chi connectivity index (χ4v) is 3.46. The Morgan fingerprint density at radius 2 is 1.65 bits per heavy atom. The molecule has 1 nitrogen and oxygen atoms in total. The molecular weight excluding hydrogens is 280 g/mol. The van der Waals surface area contributed by atoms with E-state index in [9.17, 15) is 0 Å². The van der Waals surface area contributed by atoms with Crippen LogP contribution in [0.15, 0.2) is 44.9 Å². The Hall–Kier alpha value is -2.02. The lowest BCUT2D eigenvalue weighted by molar-refractivity contribution is 0.600. The van der Waals surface area contributed by atoms with Crippen molar-refractivity contribution >= 4 is 17.0 Å². The van der Waals surface area contributed by atoms with Gasteiger partial charge in [0.15, 0.2) is 0 Å². The van der Waals surface area contributed by atoms with Gasteiger partial charge in [0.25, 0.3) is 0 Å². The summed E-state index contributed by atoms with van der Waals surface area (Å²) in [7, 11) is 0. The van der Waals surface area contributed by atoms with Crippen molar-refractivity contribution in [1.29, 1.82) is 0 Å². The standard InChI is InChI=1S/C22H26O/c1-12-8-14(3)22-21(16(12)5)11-20(23-22)10-19-9-13(2)15(4)17(6)18(19)7/h8-11,18H,1-7H3/b19-10-. The third kappa shape index (κ3) is 2.59. The molecule has 1 heteroatoms. The maximum absolute atomic E-state index is 6.16. The van der Waals surface area contributed by atoms with E-state index in [1.807, 2.05) is 0 Å². The van der Waals surface area contributed by atoms with E-state index in [0.29, 0.717) is 5.92 Å². The van der Waals surface area contributed by atoms with Crippen LogP contribution >= 0.6 is 0 Å². The molecule has 120 valence electrons. The van der Waals surface area contributed by atoms with Crippen molar-refractivity contribution in [2.24, 2.45) is 5.92 Å². The number of fused-ring (bicyclic) bond motifs is 1. The molecule has 0 saturated heterocycles. The van der Waals surface area contributed by atoms with Crippen LogP contribution in [0.4, 0.5) is 0 Å². The monoisotopic (exact) mass is 306 g/mol. The molecular formula is C22H26O. The first-order valence-corrected chi connectivity index (χ1v) is 8.37. The van der Waals surface area contributed by atoms with Gasteiger partial charge in [-0.3, -0.25) is 0 Å². The SMILES string of the molecule is CC1=C/C(=C/c2cc3c(C)c(C)cc(C)c3o2)C(C)C(C)=C1C. The fourth-order valence-electron chi connectivity index (χ4n) is 3.46. The predicted molar refractivity (Wildman–Crippen MR) is 99.7 cm³/mol. The average molecular weight is 306 g/mol. The lowest BCUT2D eigenvalue weighted by Gasteiger charge is -2.23. The van der Waals surface area contributed by atoms with E-state index < -0.39 is 0 Å². The quantitative estimate of drug-likeness (QED) is 0.573. The zero-order valence-electron chi connectivity index (χ0n) is 15.3. The summed E-state index contributed by atoms with van der Waals surface area (Å²) < 4.78 is 6.16. The second kappa shape index (κ2) is 5.56. The minimum atomic E-state index is 0.441. The molecule has 0 aliphatic heterocycles. The molecule has 0 radical (unpaired) electrons. The van der Waals surface area contributed by atoms with E-state index in [4.69, 9.17) is 4.42 Å². The molecule has 0 saturated carbocycles. The molecule has 1 aromatic heterocycles. The summed E-state index contributed by atoms with van der Waals surface area (Å²) in [5.41, 5.74) is 10.4. The summed E-state index contributed by atoms with van der Waals surface area (Å²) in [6.45, 7) is 15.4. The molecule has 3 rings (SSSR count). The third-order valence-electron chi connectivity index (χ3n) is 5.56. The van der Waals surface area contributed by atoms with E-state index in [1.54, 1.807) is 0 Å². The Labute approximate surface area is 139 Å². The van der Waals surface area contributed by atoms with Gasteiger partial charge < -0.3 is 4.42 Å². The number of aryl methyl sites for hydroxylation is 3. The molecule has 0 amide bonds. The largest absolute Gasteiger partial charge is 0.456 e. The molecule has 23 heavy (non-hydrogen) atoms. The highest BCUT2D eigenvalue weighted by molar-refractivity contribution is 5.87. The van der Waals surface area contributed by atoms with Crippen LogP contribution in [0, 0.1) is 26.7 Å². The van der Waals surface area contributed by atoms with Crippen LogP contribution in [0.3, 0.4) is 0 Å². The maximum atomic E-state index is 6.16. The maximum Gasteiger partial charge on any atom is 0.137 e. The Balaban J connectivity index is 2.12. The highest BCUT2D eigenvalue weighted by Gasteiger charge is 2.18. The van der Waals surface area contributed by atoms with E-state index in [0.717, 1.165) is 11.3 Å². The number of rotatable bonds is 1. The molecule has 1 aromatic carbocycles. The first-order valence-electron chi connectivity index (χ1n) is 8.37. The zero-order chi connectivity index (χ0) is 16.9. The molecule has 1 atom stereocenters. The highest BCUT2D eigenvalue weighted by Crippen LogP contribution is 2.35. The average Bonchev–Trinajstić information content (AvgIpc) is 2.93. The minimum Gasteiger partial charge on any atom is -0.456 e. The van der Waals surface area contributed by atoms with Gasteiger partial charge in [0.05, 0.1) is 0 Å². The highest BCUT2D eigenvalue weighted by atomic mass is 16.3. The predicted octanol–water partition coefficient (Wildman–Crippen LogP) is 6.67. The van der Waals surface area contributed by atoms with Crippen molar-refractivity contribution in [3.8, 4) is 0 Å². The second-order valence-electron chi connectivity index (χ2n) is 7.03. The molecule has 2 aromatic rings. The van der Waals surface area contributed by atoms with Gasteiger partial charge in [-0.05, 0) is 87.1 Å². The number of allylic oxidation sites excluding steroid dienone is 5. The van der Waals surface area contributed by atoms with Crippen LogP contribution < -0.4 is 0 Å². The van der Waals surface area contributed by atoms with Gasteiger partial charge in [0.1, 0.15) is 11.3 Å². The molecule has 1 heterocycles. The van der Waals surface area contributed by atoms with Crippen molar-refractivity contribution < 1.29 is 4.42 Å². The topological polar surface area (TPSA) is 13.1 Å². The lowest BCUT2D eigenvalue weighted by Crippen LogP contribution is -2.07. The minimum absolute atomic E-state index is 0.441. The van der Waals surface area contributed by atoms with Gasteiger partial charge >= 0.3 is 0 Å². The summed E-state index contributed by atoms with van der Waals surface area (Å²) in [4.78, 5) is 0. The van der Waals surface area contributed by atoms with Crippen molar-refractivity contribution in [2.75, 3.05) is 0 Å². The van der Waals surface area contributed by atoms with Crippen LogP contribution in [0.25, 0.3) is 17.0 Å². The van der Waals surface area contributed by atoms with Crippen LogP contribution in [-0.2, 0) is 0 Å². The normalized spacial score (nSPS) is 20.6. The van der Waals surface area contributed by atoms with Crippen molar-refractivity contribution in [2.45, 2.75) is 48.5 Å². The number of hydrogen-bond acceptors (Lipinski definition) is 1. The Bertz CT molecular complexity index is 884. The van der Waals surface area contributed by atoms with Crippen LogP contribution in [-0.4, -0.2) is 0 Å². The zero-order valence-corrected chi connectivity index (χ0v) is 15.3. The number of furan rings is 1. The molecule has 0 spiro atoms. The molecule has 0 bridgehead atoms. The van der Waals surface area contributed by atoms with Gasteiger partial charge in [0, 0.05) is 11.3 Å². The fraction of sp³-hybridized carbons (Fsp3) is 0.364. The summed E-state index contributed by atoms with van der Waals surface area (Å²) in [6, 6.07) is 4.40. The molecule has 1 aliphatic carbocycles. The summed E-state index contributed by atoms with van der Waals surface area (Å²) in [5.74, 6) is 1.39. The Morgan fingerprint density at radius 1 is 0.957 bits per heavy atom. The third-order valence-corrected chi connectivity index (χ3v) is 5.56. The first kappa shape index (κ1) is 15.9. The molecule has 0 N–H and O–H groups in total. The summed E-state index contributed by atoms with van der Waals surface area (Å²) in [6.07, 6.45) is 4.50. The van der Waals surface area contributed by atoms with Gasteiger partial charge in [-0.25, -0.2) is 0 Å². The van der Waals surface area contributed by atoms with Crippen molar-refractivity contribution in [3.63, 3.8) is 0 Å². The van der Waals surface area contributed by atoms with Crippen LogP contribution in [0.1, 0.15) is 50.1 Å². The van der Waals surface area contributed by atoms with Gasteiger partial charge in [-0.1, -0.05) is 24.6 Å². The molecule has 0 fully saturated rings.